The minimum Gasteiger partial charge on any atom is -0.225 e. The van der Waals surface area contributed by atoms with E-state index < -0.39 is 6.43 Å². The number of halogens is 3. The van der Waals surface area contributed by atoms with Crippen LogP contribution in [-0.2, 0) is 0 Å². The first-order valence-electron chi connectivity index (χ1n) is 3.41. The van der Waals surface area contributed by atoms with Crippen LogP contribution >= 0.6 is 11.6 Å². The molecule has 0 bridgehead atoms. The number of nitrogens with zero attached hydrogens (tertiary/aromatic N) is 2. The topological polar surface area (TPSA) is 36.7 Å². The Morgan fingerprint density at radius 1 is 1.62 bits per heavy atom. The highest BCUT2D eigenvalue weighted by Gasteiger charge is 2.15. The van der Waals surface area contributed by atoms with E-state index in [9.17, 15) is 8.78 Å². The summed E-state index contributed by atoms with van der Waals surface area (Å²) in [7, 11) is 0. The first-order chi connectivity index (χ1) is 6.06. The molecule has 1 aromatic rings. The molecular weight excluding hydrogens is 198 g/mol. The Morgan fingerprint density at radius 2 is 2.23 bits per heavy atom. The first kappa shape index (κ1) is 9.87. The molecule has 5 heteroatoms. The molecule has 1 aromatic heterocycles. The van der Waals surface area contributed by atoms with Gasteiger partial charge in [0.25, 0.3) is 6.43 Å². The highest BCUT2D eigenvalue weighted by atomic mass is 35.5. The van der Waals surface area contributed by atoms with Crippen LogP contribution in [0.4, 0.5) is 8.78 Å². The zero-order chi connectivity index (χ0) is 10.0. The number of alkyl halides is 2. The van der Waals surface area contributed by atoms with Gasteiger partial charge in [-0.3, -0.25) is 0 Å². The molecule has 0 aliphatic rings. The lowest BCUT2D eigenvalue weighted by Crippen LogP contribution is -1.95. The molecule has 0 saturated heterocycles. The second kappa shape index (κ2) is 3.67. The van der Waals surface area contributed by atoms with E-state index >= 15 is 0 Å². The summed E-state index contributed by atoms with van der Waals surface area (Å²) in [6, 6.07) is 2.71. The van der Waals surface area contributed by atoms with Crippen LogP contribution in [0.25, 0.3) is 0 Å². The SMILES string of the molecule is Cc1c(C(F)F)cc(C#N)nc1Cl. The van der Waals surface area contributed by atoms with Crippen molar-refractivity contribution in [3.63, 3.8) is 0 Å². The van der Waals surface area contributed by atoms with E-state index in [0.717, 1.165) is 6.07 Å². The Morgan fingerprint density at radius 3 is 2.69 bits per heavy atom. The molecule has 0 atom stereocenters. The van der Waals surface area contributed by atoms with E-state index in [4.69, 9.17) is 16.9 Å². The third-order valence-electron chi connectivity index (χ3n) is 1.60. The molecule has 0 aliphatic heterocycles. The van der Waals surface area contributed by atoms with E-state index in [1.165, 1.54) is 6.92 Å². The molecule has 2 nitrogen and oxygen atoms in total. The van der Waals surface area contributed by atoms with Gasteiger partial charge < -0.3 is 0 Å². The fourth-order valence-corrected chi connectivity index (χ4v) is 1.08. The average Bonchev–Trinajstić information content (AvgIpc) is 2.09. The molecular formula is C8H5ClF2N2. The summed E-state index contributed by atoms with van der Waals surface area (Å²) in [6.07, 6.45) is -2.63. The summed E-state index contributed by atoms with van der Waals surface area (Å²) < 4.78 is 24.7. The highest BCUT2D eigenvalue weighted by molar-refractivity contribution is 6.30. The van der Waals surface area contributed by atoms with Crippen LogP contribution in [-0.4, -0.2) is 4.98 Å². The number of pyridine rings is 1. The van der Waals surface area contributed by atoms with E-state index in [1.54, 1.807) is 6.07 Å². The van der Waals surface area contributed by atoms with E-state index in [1.807, 2.05) is 0 Å². The number of hydrogen-bond donors (Lipinski definition) is 0. The van der Waals surface area contributed by atoms with Gasteiger partial charge in [-0.2, -0.15) is 5.26 Å². The van der Waals surface area contributed by atoms with Gasteiger partial charge in [-0.25, -0.2) is 13.8 Å². The van der Waals surface area contributed by atoms with Gasteiger partial charge in [0.15, 0.2) is 0 Å². The van der Waals surface area contributed by atoms with E-state index in [-0.39, 0.29) is 22.0 Å². The third-order valence-corrected chi connectivity index (χ3v) is 1.97. The molecule has 0 aromatic carbocycles. The summed E-state index contributed by atoms with van der Waals surface area (Å²) in [5.74, 6) is 0. The molecule has 0 N–H and O–H groups in total. The first-order valence-corrected chi connectivity index (χ1v) is 3.79. The molecule has 0 fully saturated rings. The lowest BCUT2D eigenvalue weighted by atomic mass is 10.1. The summed E-state index contributed by atoms with van der Waals surface area (Å²) >= 11 is 5.55. The molecule has 1 heterocycles. The second-order valence-corrected chi connectivity index (χ2v) is 2.78. The highest BCUT2D eigenvalue weighted by Crippen LogP contribution is 2.26. The maximum Gasteiger partial charge on any atom is 0.264 e. The Hall–Kier alpha value is -1.21. The van der Waals surface area contributed by atoms with Gasteiger partial charge >= 0.3 is 0 Å². The smallest absolute Gasteiger partial charge is 0.225 e. The minimum atomic E-state index is -2.63. The largest absolute Gasteiger partial charge is 0.264 e. The second-order valence-electron chi connectivity index (χ2n) is 2.43. The van der Waals surface area contributed by atoms with Crippen molar-refractivity contribution in [1.82, 2.24) is 4.98 Å². The lowest BCUT2D eigenvalue weighted by molar-refractivity contribution is 0.150. The Labute approximate surface area is 78.8 Å². The Kier molecular flexibility index (Phi) is 2.79. The number of rotatable bonds is 1. The van der Waals surface area contributed by atoms with Crippen LogP contribution in [0, 0.1) is 18.3 Å². The van der Waals surface area contributed by atoms with Crippen LogP contribution in [0.5, 0.6) is 0 Å². The average molecular weight is 203 g/mol. The van der Waals surface area contributed by atoms with Crippen molar-refractivity contribution in [1.29, 1.82) is 5.26 Å². The van der Waals surface area contributed by atoms with Crippen molar-refractivity contribution in [2.24, 2.45) is 0 Å². The fraction of sp³-hybridized carbons (Fsp3) is 0.250. The lowest BCUT2D eigenvalue weighted by Gasteiger charge is -2.05. The van der Waals surface area contributed by atoms with Crippen LogP contribution in [0.3, 0.4) is 0 Å². The molecule has 0 amide bonds. The van der Waals surface area contributed by atoms with Gasteiger partial charge in [-0.05, 0) is 18.6 Å². The number of nitriles is 1. The summed E-state index contributed by atoms with van der Waals surface area (Å²) in [5.41, 5.74) is -0.113. The maximum atomic E-state index is 12.3. The molecule has 0 unspecified atom stereocenters. The maximum absolute atomic E-state index is 12.3. The molecule has 0 saturated carbocycles. The summed E-state index contributed by atoms with van der Waals surface area (Å²) in [6.45, 7) is 1.44. The van der Waals surface area contributed by atoms with E-state index in [0.29, 0.717) is 0 Å². The minimum absolute atomic E-state index is 0.0469. The van der Waals surface area contributed by atoms with Crippen LogP contribution < -0.4 is 0 Å². The molecule has 0 spiro atoms. The quantitative estimate of drug-likeness (QED) is 0.657. The van der Waals surface area contributed by atoms with Crippen LogP contribution in [0.15, 0.2) is 6.07 Å². The van der Waals surface area contributed by atoms with Crippen molar-refractivity contribution in [3.05, 3.63) is 28.0 Å². The van der Waals surface area contributed by atoms with Crippen molar-refractivity contribution in [2.45, 2.75) is 13.3 Å². The predicted octanol–water partition coefficient (Wildman–Crippen LogP) is 2.85. The van der Waals surface area contributed by atoms with Crippen molar-refractivity contribution < 1.29 is 8.78 Å². The Balaban J connectivity index is 3.35. The van der Waals surface area contributed by atoms with Gasteiger partial charge in [0.05, 0.1) is 0 Å². The van der Waals surface area contributed by atoms with Crippen molar-refractivity contribution in [2.75, 3.05) is 0 Å². The zero-order valence-corrected chi connectivity index (χ0v) is 7.44. The van der Waals surface area contributed by atoms with Crippen molar-refractivity contribution in [3.8, 4) is 6.07 Å². The molecule has 1 rings (SSSR count). The Bertz CT molecular complexity index is 371. The molecule has 0 aliphatic carbocycles. The molecule has 68 valence electrons. The third kappa shape index (κ3) is 1.93. The standard InChI is InChI=1S/C8H5ClF2N2/c1-4-6(8(10)11)2-5(3-12)13-7(4)9/h2,8H,1H3. The van der Waals surface area contributed by atoms with Gasteiger partial charge in [0.2, 0.25) is 0 Å². The predicted molar refractivity (Wildman–Crippen MR) is 43.7 cm³/mol. The zero-order valence-electron chi connectivity index (χ0n) is 6.68. The molecule has 0 radical (unpaired) electrons. The normalized spacial score (nSPS) is 10.2. The monoisotopic (exact) mass is 202 g/mol. The van der Waals surface area contributed by atoms with Gasteiger partial charge in [-0.15, -0.1) is 0 Å². The van der Waals surface area contributed by atoms with Crippen LogP contribution in [0.1, 0.15) is 23.2 Å². The summed E-state index contributed by atoms with van der Waals surface area (Å²) in [5, 5.41) is 8.40. The van der Waals surface area contributed by atoms with Gasteiger partial charge in [0.1, 0.15) is 16.9 Å². The summed E-state index contributed by atoms with van der Waals surface area (Å²) in [4.78, 5) is 3.61. The number of hydrogen-bond acceptors (Lipinski definition) is 2. The van der Waals surface area contributed by atoms with Gasteiger partial charge in [0, 0.05) is 5.56 Å². The van der Waals surface area contributed by atoms with E-state index in [2.05, 4.69) is 4.98 Å². The van der Waals surface area contributed by atoms with Crippen LogP contribution in [0.2, 0.25) is 5.15 Å². The fourth-order valence-electron chi connectivity index (χ4n) is 0.880. The number of aromatic nitrogens is 1. The van der Waals surface area contributed by atoms with Gasteiger partial charge in [-0.1, -0.05) is 11.6 Å². The molecule has 13 heavy (non-hydrogen) atoms. The van der Waals surface area contributed by atoms with Crippen molar-refractivity contribution >= 4 is 11.6 Å².